The summed E-state index contributed by atoms with van der Waals surface area (Å²) in [5.41, 5.74) is 0. The number of hydrogen-bond donors (Lipinski definition) is 1. The van der Waals surface area contributed by atoms with Crippen molar-refractivity contribution in [1.82, 2.24) is 0 Å². The third kappa shape index (κ3) is 3.10. The van der Waals surface area contributed by atoms with Gasteiger partial charge in [0, 0.05) is 10.8 Å². The highest BCUT2D eigenvalue weighted by atomic mass is 32.2. The minimum atomic E-state index is -3.87. The molecule has 7 heteroatoms. The Bertz CT molecular complexity index is 450. The summed E-state index contributed by atoms with van der Waals surface area (Å²) in [5.74, 6) is 1.23. The Hall–Kier alpha value is -0.790. The van der Waals surface area contributed by atoms with Crippen LogP contribution in [-0.4, -0.2) is 31.4 Å². The first kappa shape index (κ1) is 11.7. The molecule has 1 N–H and O–H groups in total. The van der Waals surface area contributed by atoms with Gasteiger partial charge in [0.2, 0.25) is 0 Å². The SMILES string of the molecule is O=S(=O)(O)CCCC1COc2cscc2O1. The maximum Gasteiger partial charge on any atom is 0.264 e. The zero-order valence-electron chi connectivity index (χ0n) is 8.46. The van der Waals surface area contributed by atoms with Crippen LogP contribution in [0, 0.1) is 0 Å². The van der Waals surface area contributed by atoms with Crippen molar-refractivity contribution in [3.05, 3.63) is 10.8 Å². The van der Waals surface area contributed by atoms with Crippen LogP contribution in [0.5, 0.6) is 11.5 Å². The Morgan fingerprint density at radius 3 is 2.94 bits per heavy atom. The van der Waals surface area contributed by atoms with E-state index in [2.05, 4.69) is 0 Å². The molecular formula is C9H12O5S2. The van der Waals surface area contributed by atoms with Gasteiger partial charge in [-0.3, -0.25) is 4.55 Å². The van der Waals surface area contributed by atoms with Crippen LogP contribution < -0.4 is 9.47 Å². The van der Waals surface area contributed by atoms with Gasteiger partial charge in [0.05, 0.1) is 5.75 Å². The molecule has 5 nitrogen and oxygen atoms in total. The summed E-state index contributed by atoms with van der Waals surface area (Å²) in [7, 11) is -3.87. The van der Waals surface area contributed by atoms with E-state index in [0.717, 1.165) is 5.75 Å². The van der Waals surface area contributed by atoms with Crippen molar-refractivity contribution in [2.45, 2.75) is 18.9 Å². The second-order valence-electron chi connectivity index (χ2n) is 3.58. The molecule has 1 unspecified atom stereocenters. The van der Waals surface area contributed by atoms with E-state index in [9.17, 15) is 8.42 Å². The van der Waals surface area contributed by atoms with Gasteiger partial charge in [0.15, 0.2) is 11.5 Å². The average Bonchev–Trinajstić information content (AvgIpc) is 2.62. The summed E-state index contributed by atoms with van der Waals surface area (Å²) in [5, 5.41) is 3.72. The van der Waals surface area contributed by atoms with Gasteiger partial charge >= 0.3 is 0 Å². The van der Waals surface area contributed by atoms with Crippen molar-refractivity contribution in [2.24, 2.45) is 0 Å². The predicted octanol–water partition coefficient (Wildman–Crippen LogP) is 1.56. The van der Waals surface area contributed by atoms with Crippen molar-refractivity contribution in [2.75, 3.05) is 12.4 Å². The number of thiophene rings is 1. The maximum atomic E-state index is 10.5. The molecule has 0 spiro atoms. The van der Waals surface area contributed by atoms with Gasteiger partial charge in [-0.2, -0.15) is 8.42 Å². The molecule has 0 aliphatic carbocycles. The van der Waals surface area contributed by atoms with E-state index in [-0.39, 0.29) is 11.9 Å². The van der Waals surface area contributed by atoms with Crippen molar-refractivity contribution >= 4 is 21.5 Å². The lowest BCUT2D eigenvalue weighted by molar-refractivity contribution is 0.0858. The van der Waals surface area contributed by atoms with Crippen LogP contribution in [0.4, 0.5) is 0 Å². The highest BCUT2D eigenvalue weighted by Gasteiger charge is 2.21. The maximum absolute atomic E-state index is 10.5. The van der Waals surface area contributed by atoms with Crippen molar-refractivity contribution in [1.29, 1.82) is 0 Å². The smallest absolute Gasteiger partial charge is 0.264 e. The van der Waals surface area contributed by atoms with E-state index in [1.54, 1.807) is 0 Å². The molecule has 1 aromatic heterocycles. The molecule has 0 amide bonds. The monoisotopic (exact) mass is 264 g/mol. The normalized spacial score (nSPS) is 19.7. The molecule has 0 radical (unpaired) electrons. The second-order valence-corrected chi connectivity index (χ2v) is 5.90. The third-order valence-corrected chi connectivity index (χ3v) is 3.74. The molecule has 2 rings (SSSR count). The van der Waals surface area contributed by atoms with E-state index in [1.165, 1.54) is 11.3 Å². The van der Waals surface area contributed by atoms with Crippen LogP contribution in [-0.2, 0) is 10.1 Å². The molecule has 0 saturated heterocycles. The fraction of sp³-hybridized carbons (Fsp3) is 0.556. The minimum Gasteiger partial charge on any atom is -0.485 e. The number of hydrogen-bond acceptors (Lipinski definition) is 5. The Balaban J connectivity index is 1.81. The van der Waals surface area contributed by atoms with Gasteiger partial charge in [-0.05, 0) is 12.8 Å². The van der Waals surface area contributed by atoms with Gasteiger partial charge in [-0.15, -0.1) is 11.3 Å². The van der Waals surface area contributed by atoms with Crippen LogP contribution in [0.3, 0.4) is 0 Å². The fourth-order valence-corrected chi connectivity index (χ4v) is 2.70. The molecule has 0 bridgehead atoms. The lowest BCUT2D eigenvalue weighted by atomic mass is 10.2. The largest absolute Gasteiger partial charge is 0.485 e. The highest BCUT2D eigenvalue weighted by Crippen LogP contribution is 2.35. The quantitative estimate of drug-likeness (QED) is 0.835. The van der Waals surface area contributed by atoms with Crippen LogP contribution in [0.25, 0.3) is 0 Å². The van der Waals surface area contributed by atoms with Gasteiger partial charge in [0.25, 0.3) is 10.1 Å². The van der Waals surface area contributed by atoms with E-state index in [0.29, 0.717) is 25.2 Å². The number of fused-ring (bicyclic) bond motifs is 1. The summed E-state index contributed by atoms with van der Waals surface area (Å²) in [6, 6.07) is 0. The minimum absolute atomic E-state index is 0.135. The number of rotatable bonds is 4. The van der Waals surface area contributed by atoms with Crippen LogP contribution >= 0.6 is 11.3 Å². The summed E-state index contributed by atoms with van der Waals surface area (Å²) < 4.78 is 40.6. The third-order valence-electron chi connectivity index (χ3n) is 2.24. The summed E-state index contributed by atoms with van der Waals surface area (Å²) in [4.78, 5) is 0. The molecule has 16 heavy (non-hydrogen) atoms. The summed E-state index contributed by atoms with van der Waals surface area (Å²) >= 11 is 1.50. The van der Waals surface area contributed by atoms with Crippen LogP contribution in [0.1, 0.15) is 12.8 Å². The van der Waals surface area contributed by atoms with Gasteiger partial charge in [-0.1, -0.05) is 0 Å². The zero-order chi connectivity index (χ0) is 11.6. The molecule has 2 heterocycles. The lowest BCUT2D eigenvalue weighted by Crippen LogP contribution is -2.29. The molecule has 0 aromatic carbocycles. The Morgan fingerprint density at radius 1 is 1.44 bits per heavy atom. The molecule has 1 aromatic rings. The topological polar surface area (TPSA) is 72.8 Å². The number of ether oxygens (including phenoxy) is 2. The first-order valence-corrected chi connectivity index (χ1v) is 7.40. The molecule has 0 saturated carbocycles. The van der Waals surface area contributed by atoms with E-state index in [1.807, 2.05) is 10.8 Å². The molecular weight excluding hydrogens is 252 g/mol. The van der Waals surface area contributed by atoms with E-state index >= 15 is 0 Å². The second kappa shape index (κ2) is 4.60. The summed E-state index contributed by atoms with van der Waals surface area (Å²) in [6.45, 7) is 0.426. The van der Waals surface area contributed by atoms with E-state index < -0.39 is 10.1 Å². The molecule has 1 atom stereocenters. The first-order valence-electron chi connectivity index (χ1n) is 4.85. The van der Waals surface area contributed by atoms with Crippen molar-refractivity contribution < 1.29 is 22.4 Å². The average molecular weight is 264 g/mol. The molecule has 1 aliphatic heterocycles. The molecule has 90 valence electrons. The van der Waals surface area contributed by atoms with Gasteiger partial charge in [0.1, 0.15) is 12.7 Å². The highest BCUT2D eigenvalue weighted by molar-refractivity contribution is 7.85. The summed E-state index contributed by atoms with van der Waals surface area (Å²) in [6.07, 6.45) is 0.783. The fourth-order valence-electron chi connectivity index (χ4n) is 1.50. The van der Waals surface area contributed by atoms with Gasteiger partial charge < -0.3 is 9.47 Å². The van der Waals surface area contributed by atoms with Crippen molar-refractivity contribution in [3.63, 3.8) is 0 Å². The Labute approximate surface area is 97.7 Å². The van der Waals surface area contributed by atoms with Gasteiger partial charge in [-0.25, -0.2) is 0 Å². The lowest BCUT2D eigenvalue weighted by Gasteiger charge is -2.24. The Morgan fingerprint density at radius 2 is 2.19 bits per heavy atom. The first-order chi connectivity index (χ1) is 7.54. The molecule has 1 aliphatic rings. The standard InChI is InChI=1S/C9H12O5S2/c10-16(11,12)3-1-2-7-4-13-8-5-15-6-9(8)14-7/h5-7H,1-4H2,(H,10,11,12). The Kier molecular flexibility index (Phi) is 3.36. The molecule has 0 fully saturated rings. The van der Waals surface area contributed by atoms with E-state index in [4.69, 9.17) is 14.0 Å². The van der Waals surface area contributed by atoms with Crippen LogP contribution in [0.2, 0.25) is 0 Å². The zero-order valence-corrected chi connectivity index (χ0v) is 10.1. The van der Waals surface area contributed by atoms with Crippen LogP contribution in [0.15, 0.2) is 10.8 Å². The van der Waals surface area contributed by atoms with Crippen molar-refractivity contribution in [3.8, 4) is 11.5 Å². The predicted molar refractivity (Wildman–Crippen MR) is 59.9 cm³/mol.